The first-order valence-corrected chi connectivity index (χ1v) is 13.7. The van der Waals surface area contributed by atoms with Crippen LogP contribution >= 0.6 is 47.1 Å². The van der Waals surface area contributed by atoms with Crippen LogP contribution in [0.5, 0.6) is 0 Å². The Morgan fingerprint density at radius 2 is 1.91 bits per heavy atom. The van der Waals surface area contributed by atoms with Crippen molar-refractivity contribution in [3.63, 3.8) is 0 Å². The van der Waals surface area contributed by atoms with Crippen molar-refractivity contribution in [1.29, 1.82) is 0 Å². The zero-order chi connectivity index (χ0) is 24.4. The van der Waals surface area contributed by atoms with Crippen molar-refractivity contribution >= 4 is 79.9 Å². The van der Waals surface area contributed by atoms with Gasteiger partial charge in [0.05, 0.1) is 15.2 Å². The Bertz CT molecular complexity index is 1380. The second-order valence-electron chi connectivity index (χ2n) is 7.57. The number of allylic oxidation sites excluding steroid dienone is 1. The standard InChI is InChI=1S/C23H24N4O3S4/c1-4-6-13-26-20(29)17(11-12-18-25(5-2)15-9-7-8-10-16(15)32-18)33-22(26)19-21(30)27(23(31)34-19)24-14(3)28/h7-12H,4-6,13H2,1-3H3,(H,24,28)/b17-11-,18-12+,22-19?. The number of amides is 2. The van der Waals surface area contributed by atoms with Crippen LogP contribution in [0.3, 0.4) is 0 Å². The van der Waals surface area contributed by atoms with E-state index in [1.54, 1.807) is 16.3 Å². The van der Waals surface area contributed by atoms with Gasteiger partial charge in [-0.15, -0.1) is 11.3 Å². The van der Waals surface area contributed by atoms with E-state index in [9.17, 15) is 14.4 Å². The lowest BCUT2D eigenvalue weighted by Crippen LogP contribution is -2.44. The first-order valence-electron chi connectivity index (χ1n) is 10.9. The first-order chi connectivity index (χ1) is 16.3. The molecule has 1 N–H and O–H groups in total. The smallest absolute Gasteiger partial charge is 0.288 e. The fourth-order valence-corrected chi connectivity index (χ4v) is 7.16. The SMILES string of the molecule is CCCCn1c(=C2SC(=S)N(NC(C)=O)C2=O)s/c(=C\C=C2\Sc3ccccc3N2CC)c1=O. The quantitative estimate of drug-likeness (QED) is 0.574. The maximum absolute atomic E-state index is 13.3. The van der Waals surface area contributed by atoms with Crippen molar-refractivity contribution in [3.8, 4) is 0 Å². The zero-order valence-corrected chi connectivity index (χ0v) is 22.3. The number of benzene rings is 1. The van der Waals surface area contributed by atoms with Crippen LogP contribution in [0.15, 0.2) is 45.1 Å². The summed E-state index contributed by atoms with van der Waals surface area (Å²) >= 11 is 9.35. The molecular weight excluding hydrogens is 509 g/mol. The number of hydrogen-bond donors (Lipinski definition) is 1. The highest BCUT2D eigenvalue weighted by Gasteiger charge is 2.35. The number of nitrogens with one attached hydrogen (secondary N) is 1. The number of thiazole rings is 1. The van der Waals surface area contributed by atoms with E-state index in [1.165, 1.54) is 23.2 Å². The van der Waals surface area contributed by atoms with E-state index in [2.05, 4.69) is 36.3 Å². The summed E-state index contributed by atoms with van der Waals surface area (Å²) in [5.74, 6) is -0.802. The molecule has 3 heterocycles. The van der Waals surface area contributed by atoms with Crippen LogP contribution in [0.25, 0.3) is 11.0 Å². The predicted molar refractivity (Wildman–Crippen MR) is 145 cm³/mol. The molecule has 0 aliphatic carbocycles. The lowest BCUT2D eigenvalue weighted by Gasteiger charge is -2.17. The van der Waals surface area contributed by atoms with Gasteiger partial charge in [-0.25, -0.2) is 0 Å². The molecule has 2 aromatic rings. The number of nitrogens with zero attached hydrogens (tertiary/aromatic N) is 3. The normalized spacial score (nSPS) is 18.9. The molecule has 1 aromatic carbocycles. The van der Waals surface area contributed by atoms with Gasteiger partial charge < -0.3 is 4.90 Å². The number of para-hydroxylation sites is 1. The van der Waals surface area contributed by atoms with Crippen molar-refractivity contribution in [3.05, 3.63) is 54.9 Å². The van der Waals surface area contributed by atoms with E-state index in [4.69, 9.17) is 12.2 Å². The van der Waals surface area contributed by atoms with E-state index >= 15 is 0 Å². The number of unbranched alkanes of at least 4 members (excludes halogenated alkanes) is 1. The highest BCUT2D eigenvalue weighted by molar-refractivity contribution is 8.30. The Morgan fingerprint density at radius 3 is 2.62 bits per heavy atom. The molecular formula is C23H24N4O3S4. The second kappa shape index (κ2) is 10.5. The van der Waals surface area contributed by atoms with E-state index in [0.29, 0.717) is 20.6 Å². The van der Waals surface area contributed by atoms with Gasteiger partial charge in [0.2, 0.25) is 5.91 Å². The Hall–Kier alpha value is -2.34. The lowest BCUT2D eigenvalue weighted by atomic mass is 10.3. The first kappa shape index (κ1) is 24.8. The molecule has 0 unspecified atom stereocenters. The van der Waals surface area contributed by atoms with Crippen LogP contribution < -0.4 is 25.1 Å². The average molecular weight is 533 g/mol. The lowest BCUT2D eigenvalue weighted by molar-refractivity contribution is -0.131. The molecule has 0 bridgehead atoms. The number of fused-ring (bicyclic) bond motifs is 1. The number of anilines is 1. The van der Waals surface area contributed by atoms with E-state index in [-0.39, 0.29) is 15.8 Å². The summed E-state index contributed by atoms with van der Waals surface area (Å²) in [6.07, 6.45) is 5.53. The van der Waals surface area contributed by atoms with Crippen molar-refractivity contribution < 1.29 is 9.59 Å². The molecule has 2 aliphatic rings. The Kier molecular flexibility index (Phi) is 7.66. The van der Waals surface area contributed by atoms with Crippen LogP contribution in [0.4, 0.5) is 5.69 Å². The average Bonchev–Trinajstić information content (AvgIpc) is 3.42. The minimum absolute atomic E-state index is 0.126. The third kappa shape index (κ3) is 4.74. The Morgan fingerprint density at radius 1 is 1.15 bits per heavy atom. The van der Waals surface area contributed by atoms with Crippen LogP contribution in [-0.2, 0) is 16.1 Å². The molecule has 178 valence electrons. The topological polar surface area (TPSA) is 74.7 Å². The highest BCUT2D eigenvalue weighted by Crippen LogP contribution is 2.45. The molecule has 0 atom stereocenters. The van der Waals surface area contributed by atoms with Crippen molar-refractivity contribution in [2.24, 2.45) is 0 Å². The number of aromatic nitrogens is 1. The summed E-state index contributed by atoms with van der Waals surface area (Å²) in [5, 5.41) is 2.12. The van der Waals surface area contributed by atoms with E-state index in [1.807, 2.05) is 24.3 Å². The maximum Gasteiger partial charge on any atom is 0.288 e. The summed E-state index contributed by atoms with van der Waals surface area (Å²) in [5.41, 5.74) is 3.50. The zero-order valence-electron chi connectivity index (χ0n) is 19.0. The largest absolute Gasteiger partial charge is 0.335 e. The van der Waals surface area contributed by atoms with Gasteiger partial charge >= 0.3 is 0 Å². The fraction of sp³-hybridized carbons (Fsp3) is 0.304. The van der Waals surface area contributed by atoms with Gasteiger partial charge in [-0.1, -0.05) is 37.2 Å². The molecule has 0 radical (unpaired) electrons. The number of hydrazine groups is 1. The maximum atomic E-state index is 13.3. The van der Waals surface area contributed by atoms with Gasteiger partial charge in [-0.2, -0.15) is 5.01 Å². The van der Waals surface area contributed by atoms with E-state index in [0.717, 1.165) is 46.9 Å². The number of carbonyl (C=O) groups is 2. The summed E-state index contributed by atoms with van der Waals surface area (Å²) < 4.78 is 3.02. The Balaban J connectivity index is 1.80. The molecule has 0 spiro atoms. The number of carbonyl (C=O) groups excluding carboxylic acids is 2. The molecule has 34 heavy (non-hydrogen) atoms. The number of thiocarbonyl (C=S) groups is 1. The van der Waals surface area contributed by atoms with Gasteiger partial charge in [0.15, 0.2) is 4.32 Å². The highest BCUT2D eigenvalue weighted by atomic mass is 32.2. The molecule has 7 nitrogen and oxygen atoms in total. The van der Waals surface area contributed by atoms with Gasteiger partial charge in [0, 0.05) is 24.9 Å². The van der Waals surface area contributed by atoms with Gasteiger partial charge in [-0.3, -0.25) is 24.4 Å². The van der Waals surface area contributed by atoms with Crippen LogP contribution in [0.2, 0.25) is 0 Å². The molecule has 4 rings (SSSR count). The van der Waals surface area contributed by atoms with Crippen LogP contribution in [0, 0.1) is 0 Å². The van der Waals surface area contributed by atoms with Gasteiger partial charge in [-0.05, 0) is 61.6 Å². The molecule has 1 aromatic heterocycles. The van der Waals surface area contributed by atoms with Crippen LogP contribution in [-0.4, -0.2) is 32.3 Å². The second-order valence-corrected chi connectivity index (χ2v) is 11.3. The number of hydrogen-bond acceptors (Lipinski definition) is 8. The molecule has 2 aliphatic heterocycles. The van der Waals surface area contributed by atoms with Crippen molar-refractivity contribution in [2.75, 3.05) is 11.4 Å². The molecule has 1 fully saturated rings. The Labute approximate surface area is 215 Å². The number of rotatable bonds is 6. The summed E-state index contributed by atoms with van der Waals surface area (Å²) in [4.78, 5) is 41.6. The van der Waals surface area contributed by atoms with E-state index < -0.39 is 5.91 Å². The summed E-state index contributed by atoms with van der Waals surface area (Å²) in [7, 11) is 0. The fourth-order valence-electron chi connectivity index (χ4n) is 3.62. The molecule has 0 saturated carbocycles. The summed E-state index contributed by atoms with van der Waals surface area (Å²) in [6.45, 7) is 6.80. The predicted octanol–water partition coefficient (Wildman–Crippen LogP) is 2.98. The van der Waals surface area contributed by atoms with Gasteiger partial charge in [0.25, 0.3) is 11.5 Å². The van der Waals surface area contributed by atoms with Crippen molar-refractivity contribution in [2.45, 2.75) is 45.1 Å². The minimum atomic E-state index is -0.416. The van der Waals surface area contributed by atoms with Gasteiger partial charge in [0.1, 0.15) is 9.57 Å². The third-order valence-electron chi connectivity index (χ3n) is 5.21. The minimum Gasteiger partial charge on any atom is -0.335 e. The molecule has 11 heteroatoms. The van der Waals surface area contributed by atoms with Crippen molar-refractivity contribution in [1.82, 2.24) is 15.0 Å². The number of thioether (sulfide) groups is 2. The molecule has 1 saturated heterocycles. The summed E-state index contributed by atoms with van der Waals surface area (Å²) in [6, 6.07) is 8.23. The van der Waals surface area contributed by atoms with Crippen LogP contribution in [0.1, 0.15) is 33.6 Å². The monoisotopic (exact) mass is 532 g/mol. The molecule has 2 amide bonds. The third-order valence-corrected chi connectivity index (χ3v) is 8.98.